The van der Waals surface area contributed by atoms with Crippen molar-refractivity contribution in [3.63, 3.8) is 0 Å². The molecular formula is C21H21F2N3O3S. The number of rotatable bonds is 6. The van der Waals surface area contributed by atoms with Gasteiger partial charge >= 0.3 is 0 Å². The molecule has 0 amide bonds. The highest BCUT2D eigenvalue weighted by atomic mass is 32.2. The molecule has 9 heteroatoms. The molecule has 0 bridgehead atoms. The fourth-order valence-corrected chi connectivity index (χ4v) is 5.19. The molecule has 1 aliphatic rings. The summed E-state index contributed by atoms with van der Waals surface area (Å²) < 4.78 is 61.6. The Balaban J connectivity index is 1.59. The standard InChI is InChI=1S/C21H21F2N3O3S/c1-25-12-21(24-14-25)30(27,28)26-10-16(13-29-19-4-2-3-18(23)9-19)20(11-26)15-5-7-17(22)8-6-15/h2-9,12,14,16,20H,10-11,13H2,1H3/t16-,20-/m1/s1. The number of sulfonamides is 1. The Hall–Kier alpha value is -2.78. The molecule has 1 aromatic heterocycles. The first-order chi connectivity index (χ1) is 14.3. The zero-order chi connectivity index (χ0) is 21.3. The lowest BCUT2D eigenvalue weighted by Gasteiger charge is -2.19. The van der Waals surface area contributed by atoms with Crippen molar-refractivity contribution in [3.8, 4) is 5.75 Å². The maximum Gasteiger partial charge on any atom is 0.262 e. The summed E-state index contributed by atoms with van der Waals surface area (Å²) in [6.07, 6.45) is 2.89. The van der Waals surface area contributed by atoms with Gasteiger partial charge < -0.3 is 9.30 Å². The summed E-state index contributed by atoms with van der Waals surface area (Å²) in [5.74, 6) is -0.788. The zero-order valence-electron chi connectivity index (χ0n) is 16.3. The van der Waals surface area contributed by atoms with Crippen molar-refractivity contribution in [2.24, 2.45) is 13.0 Å². The van der Waals surface area contributed by atoms with Crippen LogP contribution in [0, 0.1) is 17.6 Å². The number of imidazole rings is 1. The second-order valence-electron chi connectivity index (χ2n) is 7.39. The molecule has 0 spiro atoms. The van der Waals surface area contributed by atoms with E-state index in [1.165, 1.54) is 41.1 Å². The van der Waals surface area contributed by atoms with Crippen molar-refractivity contribution in [2.75, 3.05) is 19.7 Å². The second kappa shape index (κ2) is 8.16. The molecule has 1 fully saturated rings. The van der Waals surface area contributed by atoms with Crippen molar-refractivity contribution in [3.05, 3.63) is 78.3 Å². The maximum absolute atomic E-state index is 13.4. The summed E-state index contributed by atoms with van der Waals surface area (Å²) in [6.45, 7) is 0.637. The van der Waals surface area contributed by atoms with Gasteiger partial charge in [-0.1, -0.05) is 18.2 Å². The third-order valence-corrected chi connectivity index (χ3v) is 6.97. The first kappa shape index (κ1) is 20.5. The minimum atomic E-state index is -3.78. The normalized spacial score (nSPS) is 19.8. The Kier molecular flexibility index (Phi) is 5.57. The van der Waals surface area contributed by atoms with E-state index in [2.05, 4.69) is 4.98 Å². The van der Waals surface area contributed by atoms with E-state index in [1.807, 2.05) is 0 Å². The van der Waals surface area contributed by atoms with Crippen molar-refractivity contribution in [2.45, 2.75) is 10.9 Å². The van der Waals surface area contributed by atoms with E-state index in [0.29, 0.717) is 5.75 Å². The number of aromatic nitrogens is 2. The third-order valence-electron chi connectivity index (χ3n) is 5.25. The van der Waals surface area contributed by atoms with Gasteiger partial charge in [0.25, 0.3) is 10.0 Å². The van der Waals surface area contributed by atoms with Gasteiger partial charge in [-0.3, -0.25) is 0 Å². The summed E-state index contributed by atoms with van der Waals surface area (Å²) >= 11 is 0. The smallest absolute Gasteiger partial charge is 0.262 e. The molecule has 2 aromatic carbocycles. The Labute approximate surface area is 173 Å². The number of benzene rings is 2. The third kappa shape index (κ3) is 4.22. The van der Waals surface area contributed by atoms with E-state index in [0.717, 1.165) is 5.56 Å². The quantitative estimate of drug-likeness (QED) is 0.599. The first-order valence-corrected chi connectivity index (χ1v) is 10.9. The topological polar surface area (TPSA) is 64.4 Å². The number of ether oxygens (including phenoxy) is 1. The molecule has 0 unspecified atom stereocenters. The van der Waals surface area contributed by atoms with Gasteiger partial charge in [0.15, 0.2) is 5.03 Å². The number of halogens is 2. The first-order valence-electron chi connectivity index (χ1n) is 9.45. The molecule has 2 heterocycles. The maximum atomic E-state index is 13.4. The average molecular weight is 433 g/mol. The predicted molar refractivity (Wildman–Crippen MR) is 106 cm³/mol. The van der Waals surface area contributed by atoms with Crippen LogP contribution in [0.25, 0.3) is 0 Å². The summed E-state index contributed by atoms with van der Waals surface area (Å²) in [7, 11) is -2.08. The highest BCUT2D eigenvalue weighted by molar-refractivity contribution is 7.89. The summed E-state index contributed by atoms with van der Waals surface area (Å²) in [5.41, 5.74) is 0.822. The molecule has 4 rings (SSSR count). The predicted octanol–water partition coefficient (Wildman–Crippen LogP) is 3.18. The van der Waals surface area contributed by atoms with Gasteiger partial charge in [-0.25, -0.2) is 22.2 Å². The average Bonchev–Trinajstić information content (AvgIpc) is 3.34. The van der Waals surface area contributed by atoms with Crippen molar-refractivity contribution >= 4 is 10.0 Å². The van der Waals surface area contributed by atoms with Crippen molar-refractivity contribution in [1.82, 2.24) is 13.9 Å². The lowest BCUT2D eigenvalue weighted by molar-refractivity contribution is 0.244. The lowest BCUT2D eigenvalue weighted by atomic mass is 9.89. The number of hydrogen-bond acceptors (Lipinski definition) is 4. The van der Waals surface area contributed by atoms with Crippen molar-refractivity contribution < 1.29 is 21.9 Å². The molecule has 30 heavy (non-hydrogen) atoms. The van der Waals surface area contributed by atoms with E-state index in [4.69, 9.17) is 4.74 Å². The van der Waals surface area contributed by atoms with Gasteiger partial charge in [-0.05, 0) is 29.8 Å². The van der Waals surface area contributed by atoms with Crippen LogP contribution in [0.2, 0.25) is 0 Å². The molecule has 3 aromatic rings. The van der Waals surface area contributed by atoms with Crippen LogP contribution in [0.5, 0.6) is 5.75 Å². The number of hydrogen-bond donors (Lipinski definition) is 0. The molecule has 2 atom stereocenters. The van der Waals surface area contributed by atoms with E-state index < -0.39 is 15.8 Å². The van der Waals surface area contributed by atoms with Gasteiger partial charge in [0.1, 0.15) is 17.4 Å². The van der Waals surface area contributed by atoms with E-state index in [9.17, 15) is 17.2 Å². The van der Waals surface area contributed by atoms with Crippen LogP contribution < -0.4 is 4.74 Å². The summed E-state index contributed by atoms with van der Waals surface area (Å²) in [5, 5.41) is -0.0189. The Bertz CT molecular complexity index is 1130. The highest BCUT2D eigenvalue weighted by Gasteiger charge is 2.41. The van der Waals surface area contributed by atoms with Gasteiger partial charge in [0.2, 0.25) is 0 Å². The van der Waals surface area contributed by atoms with Crippen LogP contribution >= 0.6 is 0 Å². The molecule has 0 aliphatic carbocycles. The highest BCUT2D eigenvalue weighted by Crippen LogP contribution is 2.36. The molecular weight excluding hydrogens is 412 g/mol. The van der Waals surface area contributed by atoms with Crippen LogP contribution in [0.4, 0.5) is 8.78 Å². The molecule has 6 nitrogen and oxygen atoms in total. The Morgan fingerprint density at radius 2 is 1.87 bits per heavy atom. The fourth-order valence-electron chi connectivity index (χ4n) is 3.70. The molecule has 158 valence electrons. The van der Waals surface area contributed by atoms with E-state index >= 15 is 0 Å². The second-order valence-corrected chi connectivity index (χ2v) is 9.27. The van der Waals surface area contributed by atoms with Gasteiger partial charge in [-0.2, -0.15) is 4.31 Å². The molecule has 0 radical (unpaired) electrons. The molecule has 1 aliphatic heterocycles. The van der Waals surface area contributed by atoms with Crippen LogP contribution in [0.1, 0.15) is 11.5 Å². The molecule has 0 N–H and O–H groups in total. The van der Waals surface area contributed by atoms with Gasteiger partial charge in [0.05, 0.1) is 12.9 Å². The Morgan fingerprint density at radius 3 is 2.53 bits per heavy atom. The zero-order valence-corrected chi connectivity index (χ0v) is 17.1. The van der Waals surface area contributed by atoms with Crippen LogP contribution in [-0.2, 0) is 17.1 Å². The van der Waals surface area contributed by atoms with Crippen molar-refractivity contribution in [1.29, 1.82) is 0 Å². The van der Waals surface area contributed by atoms with E-state index in [1.54, 1.807) is 35.9 Å². The van der Waals surface area contributed by atoms with Crippen LogP contribution in [0.3, 0.4) is 0 Å². The minimum Gasteiger partial charge on any atom is -0.493 e. The largest absolute Gasteiger partial charge is 0.493 e. The molecule has 0 saturated carbocycles. The van der Waals surface area contributed by atoms with Crippen LogP contribution in [0.15, 0.2) is 66.1 Å². The monoisotopic (exact) mass is 433 g/mol. The minimum absolute atomic E-state index is 0.0189. The molecule has 1 saturated heterocycles. The number of nitrogens with zero attached hydrogens (tertiary/aromatic N) is 3. The van der Waals surface area contributed by atoms with Gasteiger partial charge in [-0.15, -0.1) is 0 Å². The van der Waals surface area contributed by atoms with Crippen LogP contribution in [-0.4, -0.2) is 42.0 Å². The summed E-state index contributed by atoms with van der Waals surface area (Å²) in [4.78, 5) is 3.98. The summed E-state index contributed by atoms with van der Waals surface area (Å²) in [6, 6.07) is 11.8. The van der Waals surface area contributed by atoms with E-state index in [-0.39, 0.29) is 42.4 Å². The number of aryl methyl sites for hydroxylation is 1. The lowest BCUT2D eigenvalue weighted by Crippen LogP contribution is -2.30. The fraction of sp³-hybridized carbons (Fsp3) is 0.286. The Morgan fingerprint density at radius 1 is 1.10 bits per heavy atom. The van der Waals surface area contributed by atoms with Gasteiger partial charge in [0, 0.05) is 44.2 Å². The SMILES string of the molecule is Cn1cnc(S(=O)(=O)N2C[C@H](COc3cccc(F)c3)[C@@H](c3ccc(F)cc3)C2)c1.